The topological polar surface area (TPSA) is 35.2 Å². The van der Waals surface area contributed by atoms with E-state index in [0.29, 0.717) is 13.2 Å². The first-order valence-electron chi connectivity index (χ1n) is 5.94. The van der Waals surface area contributed by atoms with Crippen molar-refractivity contribution in [2.45, 2.75) is 13.0 Å². The first-order chi connectivity index (χ1) is 8.78. The Balaban J connectivity index is 0.00000180. The molecule has 0 unspecified atom stereocenters. The molecule has 0 aliphatic rings. The fourth-order valence-electron chi connectivity index (χ4n) is 1.71. The number of nitrogens with two attached hydrogens (primary N) is 1. The molecule has 0 aliphatic carbocycles. The number of ether oxygens (including phenoxy) is 1. The third-order valence-corrected chi connectivity index (χ3v) is 2.89. The van der Waals surface area contributed by atoms with Gasteiger partial charge in [0.25, 0.3) is 0 Å². The molecule has 19 heavy (non-hydrogen) atoms. The maximum atomic E-state index is 5.91. The van der Waals surface area contributed by atoms with Crippen LogP contribution < -0.4 is 10.5 Å². The molecule has 2 N–H and O–H groups in total. The van der Waals surface area contributed by atoms with Crippen LogP contribution in [0.3, 0.4) is 0 Å². The van der Waals surface area contributed by atoms with Crippen LogP contribution in [0.25, 0.3) is 0 Å². The molecule has 4 heteroatoms. The van der Waals surface area contributed by atoms with E-state index in [1.54, 1.807) is 0 Å². The lowest BCUT2D eigenvalue weighted by molar-refractivity contribution is 0.306. The van der Waals surface area contributed by atoms with Crippen LogP contribution in [0.1, 0.15) is 11.1 Å². The Morgan fingerprint density at radius 3 is 2.37 bits per heavy atom. The predicted octanol–water partition coefficient (Wildman–Crippen LogP) is 3.84. The summed E-state index contributed by atoms with van der Waals surface area (Å²) in [6.45, 7) is 1.19. The lowest BCUT2D eigenvalue weighted by Crippen LogP contribution is -2.02. The number of hydrogen-bond acceptors (Lipinski definition) is 2. The fraction of sp³-hybridized carbons (Fsp3) is 0.200. The molecule has 0 heterocycles. The van der Waals surface area contributed by atoms with E-state index in [9.17, 15) is 0 Å². The zero-order valence-electron chi connectivity index (χ0n) is 10.5. The molecular weight excluding hydrogens is 281 g/mol. The van der Waals surface area contributed by atoms with Crippen LogP contribution in [0.2, 0.25) is 5.02 Å². The lowest BCUT2D eigenvalue weighted by atomic mass is 10.1. The minimum atomic E-state index is 0. The highest BCUT2D eigenvalue weighted by Crippen LogP contribution is 2.16. The second kappa shape index (κ2) is 8.05. The van der Waals surface area contributed by atoms with Gasteiger partial charge in [-0.15, -0.1) is 12.4 Å². The molecule has 2 aromatic rings. The molecule has 0 amide bonds. The van der Waals surface area contributed by atoms with Crippen molar-refractivity contribution in [3.63, 3.8) is 0 Å². The molecule has 0 bridgehead atoms. The van der Waals surface area contributed by atoms with Crippen LogP contribution in [0.4, 0.5) is 0 Å². The van der Waals surface area contributed by atoms with Crippen LogP contribution in [-0.4, -0.2) is 6.54 Å². The molecule has 2 nitrogen and oxygen atoms in total. The van der Waals surface area contributed by atoms with Gasteiger partial charge in [-0.25, -0.2) is 0 Å². The molecule has 2 rings (SSSR count). The zero-order chi connectivity index (χ0) is 12.8. The van der Waals surface area contributed by atoms with Crippen molar-refractivity contribution >= 4 is 24.0 Å². The van der Waals surface area contributed by atoms with Crippen molar-refractivity contribution < 1.29 is 4.74 Å². The fourth-order valence-corrected chi connectivity index (χ4v) is 1.93. The van der Waals surface area contributed by atoms with Crippen LogP contribution in [0, 0.1) is 0 Å². The van der Waals surface area contributed by atoms with Crippen LogP contribution >= 0.6 is 24.0 Å². The van der Waals surface area contributed by atoms with Gasteiger partial charge in [0.1, 0.15) is 12.4 Å². The summed E-state index contributed by atoms with van der Waals surface area (Å²) in [7, 11) is 0. The van der Waals surface area contributed by atoms with E-state index in [1.165, 1.54) is 5.56 Å². The van der Waals surface area contributed by atoms with Gasteiger partial charge < -0.3 is 10.5 Å². The maximum Gasteiger partial charge on any atom is 0.119 e. The average molecular weight is 298 g/mol. The van der Waals surface area contributed by atoms with Crippen molar-refractivity contribution in [1.29, 1.82) is 0 Å². The zero-order valence-corrected chi connectivity index (χ0v) is 12.1. The Labute approximate surface area is 124 Å². The highest BCUT2D eigenvalue weighted by molar-refractivity contribution is 6.30. The normalized spacial score (nSPS) is 9.79. The summed E-state index contributed by atoms with van der Waals surface area (Å²) in [5, 5.41) is 0.731. The van der Waals surface area contributed by atoms with E-state index in [0.717, 1.165) is 22.8 Å². The first-order valence-corrected chi connectivity index (χ1v) is 6.32. The highest BCUT2D eigenvalue weighted by atomic mass is 35.5. The largest absolute Gasteiger partial charge is 0.489 e. The summed E-state index contributed by atoms with van der Waals surface area (Å²) in [6.07, 6.45) is 0.897. The summed E-state index contributed by atoms with van der Waals surface area (Å²) in [4.78, 5) is 0. The molecule has 0 saturated carbocycles. The maximum absolute atomic E-state index is 5.91. The summed E-state index contributed by atoms with van der Waals surface area (Å²) in [6, 6.07) is 15.7. The third-order valence-electron chi connectivity index (χ3n) is 2.65. The first kappa shape index (κ1) is 15.8. The van der Waals surface area contributed by atoms with Crippen molar-refractivity contribution in [1.82, 2.24) is 0 Å². The van der Waals surface area contributed by atoms with Gasteiger partial charge in [0.05, 0.1) is 0 Å². The Morgan fingerprint density at radius 1 is 1.00 bits per heavy atom. The molecule has 2 aromatic carbocycles. The van der Waals surface area contributed by atoms with Gasteiger partial charge in [-0.2, -0.15) is 0 Å². The quantitative estimate of drug-likeness (QED) is 0.910. The van der Waals surface area contributed by atoms with Crippen LogP contribution in [0.15, 0.2) is 48.5 Å². The number of rotatable bonds is 5. The average Bonchev–Trinajstić information content (AvgIpc) is 2.38. The van der Waals surface area contributed by atoms with Crippen molar-refractivity contribution in [3.05, 3.63) is 64.7 Å². The second-order valence-electron chi connectivity index (χ2n) is 4.10. The third kappa shape index (κ3) is 5.11. The number of hydrogen-bond donors (Lipinski definition) is 1. The number of halogens is 2. The highest BCUT2D eigenvalue weighted by Gasteiger charge is 1.98. The van der Waals surface area contributed by atoms with Crippen LogP contribution in [-0.2, 0) is 13.0 Å². The van der Waals surface area contributed by atoms with Crippen molar-refractivity contribution in [3.8, 4) is 5.75 Å². The summed E-state index contributed by atoms with van der Waals surface area (Å²) in [5.41, 5.74) is 7.80. The smallest absolute Gasteiger partial charge is 0.119 e. The van der Waals surface area contributed by atoms with E-state index in [-0.39, 0.29) is 12.4 Å². The molecule has 102 valence electrons. The van der Waals surface area contributed by atoms with E-state index in [2.05, 4.69) is 0 Å². The minimum Gasteiger partial charge on any atom is -0.489 e. The molecule has 0 atom stereocenters. The predicted molar refractivity (Wildman–Crippen MR) is 82.2 cm³/mol. The Bertz CT molecular complexity index is 500. The molecule has 0 radical (unpaired) electrons. The van der Waals surface area contributed by atoms with Crippen LogP contribution in [0.5, 0.6) is 5.75 Å². The van der Waals surface area contributed by atoms with Crippen molar-refractivity contribution in [2.75, 3.05) is 6.54 Å². The molecule has 0 aromatic heterocycles. The Morgan fingerprint density at radius 2 is 1.74 bits per heavy atom. The van der Waals surface area contributed by atoms with Crippen molar-refractivity contribution in [2.24, 2.45) is 5.73 Å². The molecule has 0 saturated heterocycles. The second-order valence-corrected chi connectivity index (χ2v) is 4.54. The van der Waals surface area contributed by atoms with Gasteiger partial charge in [0.2, 0.25) is 0 Å². The van der Waals surface area contributed by atoms with Gasteiger partial charge >= 0.3 is 0 Å². The lowest BCUT2D eigenvalue weighted by Gasteiger charge is -2.07. The molecule has 0 fully saturated rings. The van der Waals surface area contributed by atoms with Gasteiger partial charge in [0.15, 0.2) is 0 Å². The summed E-state index contributed by atoms with van der Waals surface area (Å²) >= 11 is 5.91. The van der Waals surface area contributed by atoms with Gasteiger partial charge in [-0.1, -0.05) is 35.9 Å². The monoisotopic (exact) mass is 297 g/mol. The molecular formula is C15H17Cl2NO. The Hall–Kier alpha value is -1.22. The van der Waals surface area contributed by atoms with E-state index < -0.39 is 0 Å². The minimum absolute atomic E-state index is 0. The van der Waals surface area contributed by atoms with Gasteiger partial charge in [0, 0.05) is 5.02 Å². The van der Waals surface area contributed by atoms with Gasteiger partial charge in [-0.3, -0.25) is 0 Å². The SMILES string of the molecule is Cl.NCCc1ccc(OCc2cccc(Cl)c2)cc1. The number of benzene rings is 2. The Kier molecular flexibility index (Phi) is 6.71. The van der Waals surface area contributed by atoms with Gasteiger partial charge in [-0.05, 0) is 48.4 Å². The summed E-state index contributed by atoms with van der Waals surface area (Å²) < 4.78 is 5.69. The van der Waals surface area contributed by atoms with E-state index in [4.69, 9.17) is 22.1 Å². The standard InChI is InChI=1S/C15H16ClNO.ClH/c16-14-3-1-2-13(10-14)11-18-15-6-4-12(5-7-15)8-9-17;/h1-7,10H,8-9,11,17H2;1H. The van der Waals surface area contributed by atoms with E-state index >= 15 is 0 Å². The molecule has 0 spiro atoms. The molecule has 0 aliphatic heterocycles. The van der Waals surface area contributed by atoms with E-state index in [1.807, 2.05) is 48.5 Å². The summed E-state index contributed by atoms with van der Waals surface area (Å²) in [5.74, 6) is 0.857.